The van der Waals surface area contributed by atoms with Gasteiger partial charge in [0.05, 0.1) is 26.7 Å². The summed E-state index contributed by atoms with van der Waals surface area (Å²) in [6, 6.07) is 8.91. The van der Waals surface area contributed by atoms with Crippen molar-refractivity contribution < 1.29 is 28.6 Å². The number of rotatable bonds is 13. The van der Waals surface area contributed by atoms with E-state index in [0.29, 0.717) is 5.56 Å². The molecule has 0 aliphatic rings. The first-order valence-corrected chi connectivity index (χ1v) is 10.5. The minimum absolute atomic E-state index is 0.00578. The van der Waals surface area contributed by atoms with Crippen molar-refractivity contribution in [3.63, 3.8) is 0 Å². The highest BCUT2D eigenvalue weighted by molar-refractivity contribution is 5.97. The molecule has 32 heavy (non-hydrogen) atoms. The number of esters is 1. The van der Waals surface area contributed by atoms with Crippen LogP contribution < -0.4 is 14.8 Å². The van der Waals surface area contributed by atoms with Crippen LogP contribution in [0.25, 0.3) is 0 Å². The molecule has 0 atom stereocenters. The van der Waals surface area contributed by atoms with Gasteiger partial charge in [-0.2, -0.15) is 9.97 Å². The summed E-state index contributed by atoms with van der Waals surface area (Å²) in [6.07, 6.45) is 4.35. The molecule has 9 heteroatoms. The number of aryl methyl sites for hydroxylation is 1. The van der Waals surface area contributed by atoms with Gasteiger partial charge in [-0.3, -0.25) is 19.7 Å². The average molecular weight is 444 g/mol. The van der Waals surface area contributed by atoms with E-state index in [4.69, 9.17) is 14.2 Å². The molecule has 0 bridgehead atoms. The lowest BCUT2D eigenvalue weighted by atomic mass is 10.0. The first-order valence-electron chi connectivity index (χ1n) is 10.5. The summed E-state index contributed by atoms with van der Waals surface area (Å²) in [6.45, 7) is 1.63. The van der Waals surface area contributed by atoms with Crippen LogP contribution in [0.5, 0.6) is 11.8 Å². The van der Waals surface area contributed by atoms with Crippen molar-refractivity contribution in [2.75, 3.05) is 26.1 Å². The maximum absolute atomic E-state index is 12.3. The van der Waals surface area contributed by atoms with Gasteiger partial charge in [-0.25, -0.2) is 0 Å². The zero-order valence-corrected chi connectivity index (χ0v) is 18.7. The number of nitrogens with one attached hydrogen (secondary N) is 1. The molecule has 1 N–H and O–H groups in total. The summed E-state index contributed by atoms with van der Waals surface area (Å²) < 4.78 is 14.9. The van der Waals surface area contributed by atoms with Crippen molar-refractivity contribution in [2.24, 2.45) is 0 Å². The number of methoxy groups -OCH3 is 2. The Hall–Kier alpha value is -3.49. The third-order valence-corrected chi connectivity index (χ3v) is 4.61. The molecule has 0 spiro atoms. The predicted octanol–water partition coefficient (Wildman–Crippen LogP) is 3.37. The number of carbonyl (C=O) groups excluding carboxylic acids is 3. The van der Waals surface area contributed by atoms with Gasteiger partial charge in [-0.1, -0.05) is 44.0 Å². The summed E-state index contributed by atoms with van der Waals surface area (Å²) in [5, 5.41) is 2.40. The van der Waals surface area contributed by atoms with Crippen molar-refractivity contribution in [3.05, 3.63) is 41.5 Å². The molecule has 2 rings (SSSR count). The zero-order valence-electron chi connectivity index (χ0n) is 18.7. The summed E-state index contributed by atoms with van der Waals surface area (Å²) in [4.78, 5) is 44.1. The summed E-state index contributed by atoms with van der Waals surface area (Å²) in [5.41, 5.74) is 1.75. The number of nitrogens with zero attached hydrogens (tertiary/aromatic N) is 2. The van der Waals surface area contributed by atoms with E-state index in [9.17, 15) is 14.4 Å². The van der Waals surface area contributed by atoms with Crippen molar-refractivity contribution in [1.82, 2.24) is 9.97 Å². The Morgan fingerprint density at radius 3 is 2.19 bits per heavy atom. The van der Waals surface area contributed by atoms with Crippen molar-refractivity contribution in [2.45, 2.75) is 45.4 Å². The van der Waals surface area contributed by atoms with E-state index < -0.39 is 18.5 Å². The van der Waals surface area contributed by atoms with Crippen molar-refractivity contribution in [1.29, 1.82) is 0 Å². The van der Waals surface area contributed by atoms with E-state index >= 15 is 0 Å². The van der Waals surface area contributed by atoms with Gasteiger partial charge in [0.15, 0.2) is 12.4 Å². The van der Waals surface area contributed by atoms with E-state index in [1.54, 1.807) is 12.1 Å². The third-order valence-electron chi connectivity index (χ3n) is 4.61. The van der Waals surface area contributed by atoms with Gasteiger partial charge >= 0.3 is 5.97 Å². The van der Waals surface area contributed by atoms with Crippen LogP contribution in [0.15, 0.2) is 30.3 Å². The second-order valence-corrected chi connectivity index (χ2v) is 7.06. The number of carbonyl (C=O) groups is 3. The Balaban J connectivity index is 1.74. The van der Waals surface area contributed by atoms with Gasteiger partial charge in [-0.05, 0) is 18.4 Å². The first-order chi connectivity index (χ1) is 15.4. The summed E-state index contributed by atoms with van der Waals surface area (Å²) >= 11 is 0. The minimum atomic E-state index is -0.645. The van der Waals surface area contributed by atoms with Crippen LogP contribution in [0, 0.1) is 0 Å². The number of hydrogen-bond acceptors (Lipinski definition) is 8. The van der Waals surface area contributed by atoms with E-state index in [-0.39, 0.29) is 36.3 Å². The van der Waals surface area contributed by atoms with E-state index in [2.05, 4.69) is 22.2 Å². The van der Waals surface area contributed by atoms with Crippen LogP contribution in [0.2, 0.25) is 0 Å². The highest BCUT2D eigenvalue weighted by Gasteiger charge is 2.14. The van der Waals surface area contributed by atoms with Crippen LogP contribution in [-0.2, 0) is 20.7 Å². The highest BCUT2D eigenvalue weighted by Crippen LogP contribution is 2.17. The molecular weight excluding hydrogens is 414 g/mol. The Morgan fingerprint density at radius 1 is 0.938 bits per heavy atom. The quantitative estimate of drug-likeness (QED) is 0.284. The van der Waals surface area contributed by atoms with Gasteiger partial charge in [0, 0.05) is 12.0 Å². The Labute approximate surface area is 187 Å². The van der Waals surface area contributed by atoms with Crippen LogP contribution >= 0.6 is 0 Å². The fourth-order valence-corrected chi connectivity index (χ4v) is 2.84. The lowest BCUT2D eigenvalue weighted by molar-refractivity contribution is -0.147. The molecule has 0 aliphatic heterocycles. The predicted molar refractivity (Wildman–Crippen MR) is 118 cm³/mol. The number of amides is 1. The summed E-state index contributed by atoms with van der Waals surface area (Å²) in [7, 11) is 2.83. The molecule has 0 radical (unpaired) electrons. The highest BCUT2D eigenvalue weighted by atomic mass is 16.5. The minimum Gasteiger partial charge on any atom is -0.481 e. The van der Waals surface area contributed by atoms with Gasteiger partial charge in [0.1, 0.15) is 0 Å². The van der Waals surface area contributed by atoms with Crippen LogP contribution in [0.3, 0.4) is 0 Å². The molecule has 0 fully saturated rings. The molecule has 9 nitrogen and oxygen atoms in total. The number of unbranched alkanes of at least 4 members (excludes halogenated alkanes) is 2. The maximum Gasteiger partial charge on any atom is 0.306 e. The largest absolute Gasteiger partial charge is 0.481 e. The number of aromatic nitrogens is 2. The standard InChI is InChI=1S/C23H29N3O6/c1-4-5-6-7-16-8-10-17(11-9-16)18(27)12-13-22(29)32-15-19(28)24-23-25-20(30-2)14-21(26-23)31-3/h8-11,14H,4-7,12-13,15H2,1-3H3,(H,24,25,26,28). The van der Waals surface area contributed by atoms with Crippen LogP contribution in [0.1, 0.15) is 54.9 Å². The zero-order chi connectivity index (χ0) is 23.3. The van der Waals surface area contributed by atoms with E-state index in [1.165, 1.54) is 32.3 Å². The molecule has 0 aliphatic carbocycles. The molecule has 1 heterocycles. The average Bonchev–Trinajstić information content (AvgIpc) is 2.81. The number of hydrogen-bond donors (Lipinski definition) is 1. The van der Waals surface area contributed by atoms with Crippen molar-refractivity contribution in [3.8, 4) is 11.8 Å². The van der Waals surface area contributed by atoms with Gasteiger partial charge in [0.25, 0.3) is 5.91 Å². The van der Waals surface area contributed by atoms with E-state index in [1.807, 2.05) is 12.1 Å². The number of ether oxygens (including phenoxy) is 3. The molecule has 1 amide bonds. The fraction of sp³-hybridized carbons (Fsp3) is 0.435. The lowest BCUT2D eigenvalue weighted by Gasteiger charge is -2.08. The van der Waals surface area contributed by atoms with E-state index in [0.717, 1.165) is 19.3 Å². The Morgan fingerprint density at radius 2 is 1.59 bits per heavy atom. The van der Waals surface area contributed by atoms with Crippen molar-refractivity contribution >= 4 is 23.6 Å². The first kappa shape index (κ1) is 24.8. The number of Topliss-reactive ketones (excluding diaryl/α,β-unsaturated/α-hetero) is 1. The monoisotopic (exact) mass is 443 g/mol. The molecule has 172 valence electrons. The fourth-order valence-electron chi connectivity index (χ4n) is 2.84. The molecule has 0 saturated carbocycles. The van der Waals surface area contributed by atoms with Gasteiger partial charge in [0.2, 0.25) is 17.7 Å². The Bertz CT molecular complexity index is 892. The molecule has 1 aromatic carbocycles. The lowest BCUT2D eigenvalue weighted by Crippen LogP contribution is -2.22. The second kappa shape index (κ2) is 13.0. The molecule has 2 aromatic rings. The second-order valence-electron chi connectivity index (χ2n) is 7.06. The molecule has 0 saturated heterocycles. The van der Waals surface area contributed by atoms with Gasteiger partial charge < -0.3 is 14.2 Å². The number of anilines is 1. The Kier molecular flexibility index (Phi) is 10.1. The molecule has 0 unspecified atom stereocenters. The van der Waals surface area contributed by atoms with Crippen LogP contribution in [-0.4, -0.2) is 48.5 Å². The number of benzene rings is 1. The third kappa shape index (κ3) is 8.33. The van der Waals surface area contributed by atoms with Gasteiger partial charge in [-0.15, -0.1) is 0 Å². The number of ketones is 1. The maximum atomic E-state index is 12.3. The smallest absolute Gasteiger partial charge is 0.306 e. The normalized spacial score (nSPS) is 10.3. The van der Waals surface area contributed by atoms with Crippen LogP contribution in [0.4, 0.5) is 5.95 Å². The topological polar surface area (TPSA) is 117 Å². The molecular formula is C23H29N3O6. The molecule has 1 aromatic heterocycles. The summed E-state index contributed by atoms with van der Waals surface area (Å²) in [5.74, 6) is -1.06. The SMILES string of the molecule is CCCCCc1ccc(C(=O)CCC(=O)OCC(=O)Nc2nc(OC)cc(OC)n2)cc1.